The number of hydrogen-bond acceptors (Lipinski definition) is 2. The zero-order valence-electron chi connectivity index (χ0n) is 10.7. The quantitative estimate of drug-likeness (QED) is 0.626. The lowest BCUT2D eigenvalue weighted by Gasteiger charge is -2.09. The molecule has 0 saturated carbocycles. The highest BCUT2D eigenvalue weighted by molar-refractivity contribution is 14.1. The lowest BCUT2D eigenvalue weighted by Crippen LogP contribution is -2.12. The Balaban J connectivity index is 2.26. The van der Waals surface area contributed by atoms with Crippen molar-refractivity contribution in [2.24, 2.45) is 0 Å². The van der Waals surface area contributed by atoms with Crippen molar-refractivity contribution >= 4 is 28.4 Å². The fraction of sp³-hybridized carbons (Fsp3) is 0.286. The van der Waals surface area contributed by atoms with Crippen molar-refractivity contribution in [1.82, 2.24) is 9.78 Å². The summed E-state index contributed by atoms with van der Waals surface area (Å²) in [6.45, 7) is 6.37. The van der Waals surface area contributed by atoms with E-state index in [1.54, 1.807) is 10.9 Å². The molecule has 1 aromatic carbocycles. The molecule has 0 fully saturated rings. The van der Waals surface area contributed by atoms with Gasteiger partial charge in [0.1, 0.15) is 6.54 Å². The highest BCUT2D eigenvalue weighted by atomic mass is 127. The van der Waals surface area contributed by atoms with Crippen LogP contribution >= 0.6 is 22.6 Å². The second-order valence-electron chi connectivity index (χ2n) is 4.53. The van der Waals surface area contributed by atoms with Crippen molar-refractivity contribution < 1.29 is 4.79 Å². The molecule has 0 atom stereocenters. The summed E-state index contributed by atoms with van der Waals surface area (Å²) in [4.78, 5) is 12.2. The molecule has 2 rings (SSSR count). The standard InChI is InChI=1S/C14H15IN2O/c1-9-4-11(3)13(5-10(9)2)14(18)8-17-7-12(15)6-16-17/h4-7H,8H2,1-3H3. The monoisotopic (exact) mass is 354 g/mol. The number of Topliss-reactive ketones (excluding diaryl/α,β-unsaturated/α-hetero) is 1. The van der Waals surface area contributed by atoms with Gasteiger partial charge in [-0.2, -0.15) is 5.10 Å². The van der Waals surface area contributed by atoms with Crippen LogP contribution in [0.4, 0.5) is 0 Å². The Hall–Kier alpha value is -1.17. The summed E-state index contributed by atoms with van der Waals surface area (Å²) in [5, 5.41) is 4.14. The molecule has 0 aliphatic heterocycles. The molecule has 2 aromatic rings. The molecule has 0 radical (unpaired) electrons. The third-order valence-corrected chi connectivity index (χ3v) is 3.61. The van der Waals surface area contributed by atoms with Gasteiger partial charge in [0, 0.05) is 11.8 Å². The molecule has 0 bridgehead atoms. The highest BCUT2D eigenvalue weighted by Crippen LogP contribution is 2.16. The topological polar surface area (TPSA) is 34.9 Å². The molecule has 0 aliphatic carbocycles. The zero-order chi connectivity index (χ0) is 13.3. The molecule has 0 saturated heterocycles. The highest BCUT2D eigenvalue weighted by Gasteiger charge is 2.11. The second kappa shape index (κ2) is 5.22. The third kappa shape index (κ3) is 2.80. The number of benzene rings is 1. The molecule has 0 spiro atoms. The Morgan fingerprint density at radius 2 is 1.89 bits per heavy atom. The van der Waals surface area contributed by atoms with E-state index in [-0.39, 0.29) is 5.78 Å². The summed E-state index contributed by atoms with van der Waals surface area (Å²) in [5.74, 6) is 0.107. The number of carbonyl (C=O) groups excluding carboxylic acids is 1. The molecular formula is C14H15IN2O. The molecule has 0 unspecified atom stereocenters. The van der Waals surface area contributed by atoms with E-state index in [2.05, 4.69) is 40.7 Å². The van der Waals surface area contributed by atoms with Crippen molar-refractivity contribution in [2.45, 2.75) is 27.3 Å². The van der Waals surface area contributed by atoms with Crippen LogP contribution in [-0.2, 0) is 6.54 Å². The molecule has 1 heterocycles. The fourth-order valence-corrected chi connectivity index (χ4v) is 2.36. The van der Waals surface area contributed by atoms with Crippen LogP contribution in [0.25, 0.3) is 0 Å². The minimum Gasteiger partial charge on any atom is -0.292 e. The van der Waals surface area contributed by atoms with E-state index in [0.29, 0.717) is 6.54 Å². The summed E-state index contributed by atoms with van der Waals surface area (Å²) >= 11 is 2.18. The number of nitrogens with zero attached hydrogens (tertiary/aromatic N) is 2. The molecule has 3 nitrogen and oxygen atoms in total. The summed E-state index contributed by atoms with van der Waals surface area (Å²) in [5.41, 5.74) is 4.20. The van der Waals surface area contributed by atoms with Crippen LogP contribution in [-0.4, -0.2) is 15.6 Å². The average Bonchev–Trinajstić information content (AvgIpc) is 2.69. The summed E-state index contributed by atoms with van der Waals surface area (Å²) in [6.07, 6.45) is 3.62. The molecule has 0 aliphatic rings. The smallest absolute Gasteiger partial charge is 0.184 e. The van der Waals surface area contributed by atoms with Gasteiger partial charge in [0.15, 0.2) is 5.78 Å². The summed E-state index contributed by atoms with van der Waals surface area (Å²) in [7, 11) is 0. The first kappa shape index (κ1) is 13.3. The number of halogens is 1. The molecule has 94 valence electrons. The number of rotatable bonds is 3. The first-order valence-electron chi connectivity index (χ1n) is 5.76. The van der Waals surface area contributed by atoms with Crippen molar-refractivity contribution in [1.29, 1.82) is 0 Å². The Morgan fingerprint density at radius 3 is 2.50 bits per heavy atom. The van der Waals surface area contributed by atoms with Crippen LogP contribution in [0.3, 0.4) is 0 Å². The van der Waals surface area contributed by atoms with Gasteiger partial charge in [-0.25, -0.2) is 0 Å². The van der Waals surface area contributed by atoms with Crippen LogP contribution in [0.1, 0.15) is 27.0 Å². The van der Waals surface area contributed by atoms with E-state index in [1.165, 1.54) is 5.56 Å². The van der Waals surface area contributed by atoms with Crippen molar-refractivity contribution in [3.63, 3.8) is 0 Å². The predicted molar refractivity (Wildman–Crippen MR) is 79.9 cm³/mol. The van der Waals surface area contributed by atoms with Crippen LogP contribution in [0.15, 0.2) is 24.5 Å². The van der Waals surface area contributed by atoms with Crippen LogP contribution in [0, 0.1) is 24.3 Å². The Morgan fingerprint density at radius 1 is 1.22 bits per heavy atom. The number of hydrogen-bond donors (Lipinski definition) is 0. The van der Waals surface area contributed by atoms with Gasteiger partial charge in [-0.05, 0) is 66.1 Å². The molecule has 0 N–H and O–H groups in total. The SMILES string of the molecule is Cc1cc(C)c(C(=O)Cn2cc(I)cn2)cc1C. The van der Waals surface area contributed by atoms with Gasteiger partial charge in [-0.1, -0.05) is 6.07 Å². The second-order valence-corrected chi connectivity index (χ2v) is 5.78. The Labute approximate surface area is 120 Å². The number of aryl methyl sites for hydroxylation is 3. The predicted octanol–water partition coefficient (Wildman–Crippen LogP) is 3.30. The summed E-state index contributed by atoms with van der Waals surface area (Å²) < 4.78 is 2.72. The molecule has 0 amide bonds. The van der Waals surface area contributed by atoms with E-state index in [4.69, 9.17) is 0 Å². The van der Waals surface area contributed by atoms with Crippen molar-refractivity contribution in [3.05, 3.63) is 50.4 Å². The molecular weight excluding hydrogens is 339 g/mol. The van der Waals surface area contributed by atoms with Crippen molar-refractivity contribution in [3.8, 4) is 0 Å². The lowest BCUT2D eigenvalue weighted by molar-refractivity contribution is 0.0967. The Kier molecular flexibility index (Phi) is 3.85. The maximum Gasteiger partial charge on any atom is 0.184 e. The van der Waals surface area contributed by atoms with Gasteiger partial charge in [-0.15, -0.1) is 0 Å². The third-order valence-electron chi connectivity index (χ3n) is 3.05. The number of carbonyl (C=O) groups is 1. The van der Waals surface area contributed by atoms with E-state index in [9.17, 15) is 4.79 Å². The maximum atomic E-state index is 12.2. The van der Waals surface area contributed by atoms with Crippen LogP contribution in [0.2, 0.25) is 0 Å². The molecule has 4 heteroatoms. The molecule has 18 heavy (non-hydrogen) atoms. The van der Waals surface area contributed by atoms with Crippen LogP contribution in [0.5, 0.6) is 0 Å². The maximum absolute atomic E-state index is 12.2. The first-order valence-corrected chi connectivity index (χ1v) is 6.84. The Bertz CT molecular complexity index is 602. The van der Waals surface area contributed by atoms with Gasteiger partial charge in [-0.3, -0.25) is 9.48 Å². The van der Waals surface area contributed by atoms with Gasteiger partial charge in [0.25, 0.3) is 0 Å². The van der Waals surface area contributed by atoms with E-state index >= 15 is 0 Å². The average molecular weight is 354 g/mol. The van der Waals surface area contributed by atoms with E-state index < -0.39 is 0 Å². The minimum atomic E-state index is 0.107. The van der Waals surface area contributed by atoms with Crippen LogP contribution < -0.4 is 0 Å². The summed E-state index contributed by atoms with van der Waals surface area (Å²) in [6, 6.07) is 4.04. The van der Waals surface area contributed by atoms with Gasteiger partial charge >= 0.3 is 0 Å². The van der Waals surface area contributed by atoms with E-state index in [0.717, 1.165) is 20.3 Å². The van der Waals surface area contributed by atoms with E-state index in [1.807, 2.05) is 26.1 Å². The largest absolute Gasteiger partial charge is 0.292 e. The minimum absolute atomic E-state index is 0.107. The van der Waals surface area contributed by atoms with Gasteiger partial charge in [0.05, 0.1) is 9.77 Å². The fourth-order valence-electron chi connectivity index (χ4n) is 1.92. The molecule has 1 aromatic heterocycles. The number of ketones is 1. The zero-order valence-corrected chi connectivity index (χ0v) is 12.9. The van der Waals surface area contributed by atoms with Gasteiger partial charge < -0.3 is 0 Å². The van der Waals surface area contributed by atoms with Crippen molar-refractivity contribution in [2.75, 3.05) is 0 Å². The first-order chi connectivity index (χ1) is 8.47. The van der Waals surface area contributed by atoms with Gasteiger partial charge in [0.2, 0.25) is 0 Å². The number of aromatic nitrogens is 2. The normalized spacial score (nSPS) is 10.7. The lowest BCUT2D eigenvalue weighted by atomic mass is 9.98.